The van der Waals surface area contributed by atoms with E-state index in [1.54, 1.807) is 6.07 Å². The van der Waals surface area contributed by atoms with Gasteiger partial charge in [0.25, 0.3) is 0 Å². The second kappa shape index (κ2) is 11.4. The van der Waals surface area contributed by atoms with Gasteiger partial charge < -0.3 is 14.8 Å². The first-order valence-corrected chi connectivity index (χ1v) is 10.5. The number of carbonyl (C=O) groups excluding carboxylic acids is 1. The minimum Gasteiger partial charge on any atom is -0.475 e. The van der Waals surface area contributed by atoms with E-state index in [-0.39, 0.29) is 12.6 Å². The van der Waals surface area contributed by atoms with Gasteiger partial charge in [0, 0.05) is 11.8 Å². The first-order valence-electron chi connectivity index (χ1n) is 9.13. The molecule has 0 saturated heterocycles. The standard InChI is InChI=1S/C18H31ClN4O3S/c1-7-8-27-23-16-21-14(19)10-15(22-16)25-11-13(9-12(2)3)20-17(24)26-18(4,5)6/h10,12-13H,7-9,11H2,1-6H3,(H,20,24)(H,21,22,23). The fraction of sp³-hybridized carbons (Fsp3) is 0.722. The van der Waals surface area contributed by atoms with Crippen LogP contribution in [0.5, 0.6) is 5.88 Å². The lowest BCUT2D eigenvalue weighted by atomic mass is 10.0. The number of halogens is 1. The smallest absolute Gasteiger partial charge is 0.407 e. The predicted octanol–water partition coefficient (Wildman–Crippen LogP) is 4.92. The number of carbonyl (C=O) groups is 1. The number of aromatic nitrogens is 2. The molecule has 154 valence electrons. The summed E-state index contributed by atoms with van der Waals surface area (Å²) in [6, 6.07) is 1.34. The summed E-state index contributed by atoms with van der Waals surface area (Å²) in [5.41, 5.74) is -0.551. The first kappa shape index (κ1) is 23.6. The molecule has 0 bridgehead atoms. The highest BCUT2D eigenvalue weighted by Gasteiger charge is 2.21. The number of nitrogens with zero attached hydrogens (tertiary/aromatic N) is 2. The Morgan fingerprint density at radius 1 is 1.33 bits per heavy atom. The number of amides is 1. The highest BCUT2D eigenvalue weighted by molar-refractivity contribution is 8.00. The van der Waals surface area contributed by atoms with Crippen LogP contribution in [0.25, 0.3) is 0 Å². The van der Waals surface area contributed by atoms with Gasteiger partial charge in [-0.25, -0.2) is 9.78 Å². The molecule has 7 nitrogen and oxygen atoms in total. The highest BCUT2D eigenvalue weighted by atomic mass is 35.5. The summed E-state index contributed by atoms with van der Waals surface area (Å²) >= 11 is 7.56. The van der Waals surface area contributed by atoms with Crippen molar-refractivity contribution in [3.8, 4) is 5.88 Å². The second-order valence-electron chi connectivity index (χ2n) is 7.59. The molecule has 1 unspecified atom stereocenters. The molecule has 1 heterocycles. The molecule has 0 fully saturated rings. The van der Waals surface area contributed by atoms with Crippen LogP contribution in [0.2, 0.25) is 5.15 Å². The van der Waals surface area contributed by atoms with Crippen molar-refractivity contribution in [2.24, 2.45) is 5.92 Å². The van der Waals surface area contributed by atoms with E-state index in [4.69, 9.17) is 21.1 Å². The molecule has 0 saturated carbocycles. The second-order valence-corrected chi connectivity index (χ2v) is 8.88. The quantitative estimate of drug-likeness (QED) is 0.317. The molecule has 27 heavy (non-hydrogen) atoms. The van der Waals surface area contributed by atoms with Crippen molar-refractivity contribution in [3.05, 3.63) is 11.2 Å². The number of rotatable bonds is 10. The van der Waals surface area contributed by atoms with Gasteiger partial charge >= 0.3 is 6.09 Å². The van der Waals surface area contributed by atoms with Crippen LogP contribution >= 0.6 is 23.5 Å². The van der Waals surface area contributed by atoms with E-state index in [0.717, 1.165) is 18.6 Å². The Kier molecular flexibility index (Phi) is 10.0. The van der Waals surface area contributed by atoms with Crippen LogP contribution in [-0.4, -0.2) is 40.1 Å². The zero-order chi connectivity index (χ0) is 20.4. The molecule has 0 aliphatic heterocycles. The van der Waals surface area contributed by atoms with E-state index in [0.29, 0.717) is 22.9 Å². The predicted molar refractivity (Wildman–Crippen MR) is 112 cm³/mol. The van der Waals surface area contributed by atoms with Gasteiger partial charge in [-0.05, 0) is 39.5 Å². The zero-order valence-corrected chi connectivity index (χ0v) is 18.5. The van der Waals surface area contributed by atoms with Crippen molar-refractivity contribution in [3.63, 3.8) is 0 Å². The summed E-state index contributed by atoms with van der Waals surface area (Å²) < 4.78 is 14.1. The number of nitrogens with one attached hydrogen (secondary N) is 2. The molecular weight excluding hydrogens is 388 g/mol. The molecule has 0 spiro atoms. The Morgan fingerprint density at radius 2 is 2.04 bits per heavy atom. The monoisotopic (exact) mass is 418 g/mol. The van der Waals surface area contributed by atoms with Crippen LogP contribution in [-0.2, 0) is 4.74 Å². The number of anilines is 1. The molecule has 1 aromatic heterocycles. The van der Waals surface area contributed by atoms with Crippen LogP contribution < -0.4 is 14.8 Å². The van der Waals surface area contributed by atoms with Gasteiger partial charge in [0.05, 0.1) is 6.04 Å². The molecule has 1 aromatic rings. The van der Waals surface area contributed by atoms with E-state index in [1.165, 1.54) is 11.9 Å². The third-order valence-corrected chi connectivity index (χ3v) is 4.18. The van der Waals surface area contributed by atoms with Crippen molar-refractivity contribution in [2.45, 2.75) is 66.0 Å². The third-order valence-electron chi connectivity index (χ3n) is 3.05. The van der Waals surface area contributed by atoms with E-state index in [2.05, 4.69) is 40.8 Å². The Balaban J connectivity index is 2.69. The van der Waals surface area contributed by atoms with Crippen molar-refractivity contribution < 1.29 is 14.3 Å². The molecule has 1 atom stereocenters. The van der Waals surface area contributed by atoms with Gasteiger partial charge in [-0.1, -0.05) is 44.3 Å². The Bertz CT molecular complexity index is 596. The van der Waals surface area contributed by atoms with Gasteiger partial charge in [0.15, 0.2) is 0 Å². The van der Waals surface area contributed by atoms with E-state index >= 15 is 0 Å². The topological polar surface area (TPSA) is 85.4 Å². The fourth-order valence-corrected chi connectivity index (χ4v) is 2.83. The number of ether oxygens (including phenoxy) is 2. The summed E-state index contributed by atoms with van der Waals surface area (Å²) in [6.45, 7) is 12.0. The third kappa shape index (κ3) is 11.1. The van der Waals surface area contributed by atoms with Crippen LogP contribution in [0.3, 0.4) is 0 Å². The maximum absolute atomic E-state index is 12.1. The summed E-state index contributed by atoms with van der Waals surface area (Å²) in [4.78, 5) is 20.5. The molecule has 0 radical (unpaired) electrons. The Morgan fingerprint density at radius 3 is 2.63 bits per heavy atom. The summed E-state index contributed by atoms with van der Waals surface area (Å²) in [5.74, 6) is 2.07. The maximum Gasteiger partial charge on any atom is 0.407 e. The van der Waals surface area contributed by atoms with E-state index in [9.17, 15) is 4.79 Å². The van der Waals surface area contributed by atoms with E-state index in [1.807, 2.05) is 20.8 Å². The van der Waals surface area contributed by atoms with Gasteiger partial charge in [-0.3, -0.25) is 4.72 Å². The van der Waals surface area contributed by atoms with Gasteiger partial charge in [0.2, 0.25) is 11.8 Å². The average Bonchev–Trinajstić information content (AvgIpc) is 2.50. The van der Waals surface area contributed by atoms with Gasteiger partial charge in [-0.15, -0.1) is 0 Å². The van der Waals surface area contributed by atoms with Crippen molar-refractivity contribution in [2.75, 3.05) is 17.1 Å². The minimum atomic E-state index is -0.551. The first-order chi connectivity index (χ1) is 12.6. The molecular formula is C18H31ClN4O3S. The number of alkyl carbamates (subject to hydrolysis) is 1. The van der Waals surface area contributed by atoms with Gasteiger partial charge in [-0.2, -0.15) is 4.98 Å². The summed E-state index contributed by atoms with van der Waals surface area (Å²) in [5, 5.41) is 3.16. The lowest BCUT2D eigenvalue weighted by Gasteiger charge is -2.24. The Hall–Kier alpha value is -1.41. The molecule has 2 N–H and O–H groups in total. The molecule has 0 aliphatic rings. The minimum absolute atomic E-state index is 0.209. The number of hydrogen-bond donors (Lipinski definition) is 2. The molecule has 0 aromatic carbocycles. The maximum atomic E-state index is 12.1. The van der Waals surface area contributed by atoms with Crippen molar-refractivity contribution >= 4 is 35.6 Å². The zero-order valence-electron chi connectivity index (χ0n) is 17.0. The largest absolute Gasteiger partial charge is 0.475 e. The van der Waals surface area contributed by atoms with E-state index < -0.39 is 11.7 Å². The molecule has 1 amide bonds. The fourth-order valence-electron chi connectivity index (χ4n) is 2.13. The van der Waals surface area contributed by atoms with Gasteiger partial charge in [0.1, 0.15) is 17.4 Å². The molecule has 9 heteroatoms. The number of hydrogen-bond acceptors (Lipinski definition) is 7. The van der Waals surface area contributed by atoms with Crippen molar-refractivity contribution in [1.82, 2.24) is 15.3 Å². The lowest BCUT2D eigenvalue weighted by molar-refractivity contribution is 0.0479. The Labute approximate surface area is 171 Å². The van der Waals surface area contributed by atoms with Crippen molar-refractivity contribution in [1.29, 1.82) is 0 Å². The van der Waals surface area contributed by atoms with Crippen LogP contribution in [0, 0.1) is 5.92 Å². The highest BCUT2D eigenvalue weighted by Crippen LogP contribution is 2.19. The normalized spacial score (nSPS) is 12.6. The lowest BCUT2D eigenvalue weighted by Crippen LogP contribution is -2.42. The van der Waals surface area contributed by atoms with Crippen LogP contribution in [0.1, 0.15) is 54.4 Å². The summed E-state index contributed by atoms with van der Waals surface area (Å²) in [7, 11) is 0. The van der Waals surface area contributed by atoms with Crippen LogP contribution in [0.15, 0.2) is 6.07 Å². The average molecular weight is 419 g/mol. The SMILES string of the molecule is CCCSNc1nc(Cl)cc(OCC(CC(C)C)NC(=O)OC(C)(C)C)n1. The van der Waals surface area contributed by atoms with Crippen LogP contribution in [0.4, 0.5) is 10.7 Å². The molecule has 0 aliphatic carbocycles. The summed E-state index contributed by atoms with van der Waals surface area (Å²) in [6.07, 6.45) is 1.32. The molecule has 1 rings (SSSR count).